The van der Waals surface area contributed by atoms with Crippen LogP contribution < -0.4 is 0 Å². The van der Waals surface area contributed by atoms with Crippen LogP contribution in [0.4, 0.5) is 8.78 Å². The van der Waals surface area contributed by atoms with Gasteiger partial charge >= 0.3 is 11.9 Å². The molecule has 10 atom stereocenters. The number of aliphatic hydroxyl groups is 1. The maximum absolute atomic E-state index is 17.5. The molecule has 7 nitrogen and oxygen atoms in total. The molecule has 214 valence electrons. The van der Waals surface area contributed by atoms with Crippen LogP contribution in [0.5, 0.6) is 0 Å². The van der Waals surface area contributed by atoms with Gasteiger partial charge in [-0.1, -0.05) is 26.8 Å². The highest BCUT2D eigenvalue weighted by Crippen LogP contribution is 2.71. The van der Waals surface area contributed by atoms with Crippen molar-refractivity contribution in [2.24, 2.45) is 28.6 Å². The average molecular weight is 567 g/mol. The van der Waals surface area contributed by atoms with Gasteiger partial charge in [-0.15, -0.1) is 11.8 Å². The minimum absolute atomic E-state index is 0.0151. The predicted octanol–water partition coefficient (Wildman–Crippen LogP) is 3.86. The molecule has 0 bridgehead atoms. The van der Waals surface area contributed by atoms with Crippen molar-refractivity contribution in [3.63, 3.8) is 0 Å². The Balaban J connectivity index is 1.57. The number of carbonyl (C=O) groups is 4. The molecular weight excluding hydrogens is 530 g/mol. The summed E-state index contributed by atoms with van der Waals surface area (Å²) in [7, 11) is 0. The van der Waals surface area contributed by atoms with E-state index in [1.165, 1.54) is 19.1 Å². The number of cyclic esters (lactones) is 1. The lowest BCUT2D eigenvalue weighted by atomic mass is 9.44. The third-order valence-electron chi connectivity index (χ3n) is 10.4. The second-order valence-electron chi connectivity index (χ2n) is 12.2. The smallest absolute Gasteiger partial charge is 0.319 e. The standard InChI is InChI=1S/C29H36F2O7S/c1-5-24(35)38-29(23(34)14-39-21-7-9-37-25(21)36)15(2)10-17-18-12-20(30)19-11-16(32)6-8-26(19,3)28(18,31)22(33)13-27(17,29)4/h6,8,11,15,17-18,20-22,33H,5,7,9-10,12-14H2,1-4H3/t15-,17+,18+,20+,21?,22+,26+,27+,28+,29+/m1/s1. The zero-order valence-corrected chi connectivity index (χ0v) is 23.5. The van der Waals surface area contributed by atoms with Gasteiger partial charge in [-0.05, 0) is 49.8 Å². The predicted molar refractivity (Wildman–Crippen MR) is 139 cm³/mol. The highest BCUT2D eigenvalue weighted by atomic mass is 32.2. The van der Waals surface area contributed by atoms with E-state index in [1.54, 1.807) is 20.8 Å². The van der Waals surface area contributed by atoms with Crippen molar-refractivity contribution in [1.82, 2.24) is 0 Å². The van der Waals surface area contributed by atoms with Gasteiger partial charge < -0.3 is 14.6 Å². The van der Waals surface area contributed by atoms with Crippen molar-refractivity contribution >= 4 is 35.3 Å². The Kier molecular flexibility index (Phi) is 6.93. The number of alkyl halides is 2. The largest absolute Gasteiger partial charge is 0.465 e. The van der Waals surface area contributed by atoms with E-state index < -0.39 is 80.9 Å². The van der Waals surface area contributed by atoms with Crippen LogP contribution in [0, 0.1) is 28.6 Å². The molecule has 1 N–H and O–H groups in total. The summed E-state index contributed by atoms with van der Waals surface area (Å²) >= 11 is 1.14. The summed E-state index contributed by atoms with van der Waals surface area (Å²) < 4.78 is 44.3. The van der Waals surface area contributed by atoms with Gasteiger partial charge in [-0.2, -0.15) is 0 Å². The van der Waals surface area contributed by atoms with E-state index in [0.29, 0.717) is 12.8 Å². The molecular formula is C29H36F2O7S. The molecule has 4 aliphatic carbocycles. The van der Waals surface area contributed by atoms with E-state index in [4.69, 9.17) is 9.47 Å². The van der Waals surface area contributed by atoms with Gasteiger partial charge in [0.25, 0.3) is 0 Å². The van der Waals surface area contributed by atoms with E-state index in [-0.39, 0.29) is 37.2 Å². The number of aliphatic hydroxyl groups excluding tert-OH is 1. The van der Waals surface area contributed by atoms with Crippen molar-refractivity contribution in [1.29, 1.82) is 0 Å². The van der Waals surface area contributed by atoms with Crippen molar-refractivity contribution in [2.75, 3.05) is 12.4 Å². The van der Waals surface area contributed by atoms with Gasteiger partial charge in [0.1, 0.15) is 11.4 Å². The number of carbonyl (C=O) groups excluding carboxylic acids is 4. The van der Waals surface area contributed by atoms with Crippen LogP contribution in [0.3, 0.4) is 0 Å². The second-order valence-corrected chi connectivity index (χ2v) is 13.4. The Labute approximate surface area is 231 Å². The van der Waals surface area contributed by atoms with Crippen LogP contribution in [0.1, 0.15) is 59.8 Å². The number of thioether (sulfide) groups is 1. The summed E-state index contributed by atoms with van der Waals surface area (Å²) in [5.41, 5.74) is -6.66. The molecule has 0 aromatic rings. The highest BCUT2D eigenvalue weighted by molar-refractivity contribution is 8.01. The number of ether oxygens (including phenoxy) is 2. The molecule has 1 heterocycles. The second kappa shape index (κ2) is 9.50. The number of allylic oxidation sites excluding steroid dienone is 4. The number of halogens is 2. The first-order valence-corrected chi connectivity index (χ1v) is 14.8. The molecule has 3 saturated carbocycles. The van der Waals surface area contributed by atoms with Crippen LogP contribution in [0.15, 0.2) is 23.8 Å². The normalized spacial score (nSPS) is 46.6. The number of fused-ring (bicyclic) bond motifs is 5. The minimum Gasteiger partial charge on any atom is -0.465 e. The van der Waals surface area contributed by atoms with Crippen LogP contribution in [-0.2, 0) is 28.7 Å². The monoisotopic (exact) mass is 566 g/mol. The van der Waals surface area contributed by atoms with Gasteiger partial charge in [0.05, 0.1) is 18.5 Å². The quantitative estimate of drug-likeness (QED) is 0.483. The zero-order valence-electron chi connectivity index (χ0n) is 22.7. The topological polar surface area (TPSA) is 107 Å². The molecule has 1 aliphatic heterocycles. The van der Waals surface area contributed by atoms with Crippen LogP contribution in [0.25, 0.3) is 0 Å². The first kappa shape index (κ1) is 28.5. The van der Waals surface area contributed by atoms with Crippen molar-refractivity contribution in [2.45, 2.75) is 88.6 Å². The van der Waals surface area contributed by atoms with Crippen LogP contribution in [-0.4, -0.2) is 69.8 Å². The molecule has 39 heavy (non-hydrogen) atoms. The van der Waals surface area contributed by atoms with E-state index in [9.17, 15) is 24.3 Å². The minimum atomic E-state index is -2.29. The fourth-order valence-electron chi connectivity index (χ4n) is 8.56. The molecule has 0 amide bonds. The summed E-state index contributed by atoms with van der Waals surface area (Å²) in [4.78, 5) is 51.0. The molecule has 5 rings (SSSR count). The maximum Gasteiger partial charge on any atom is 0.319 e. The lowest BCUT2D eigenvalue weighted by Gasteiger charge is -2.63. The zero-order chi connectivity index (χ0) is 28.5. The van der Waals surface area contributed by atoms with Gasteiger partial charge in [0.15, 0.2) is 22.8 Å². The Morgan fingerprint density at radius 1 is 1.23 bits per heavy atom. The number of hydrogen-bond acceptors (Lipinski definition) is 8. The lowest BCUT2D eigenvalue weighted by molar-refractivity contribution is -0.230. The van der Waals surface area contributed by atoms with Crippen molar-refractivity contribution < 1.29 is 42.5 Å². The van der Waals surface area contributed by atoms with Gasteiger partial charge in [-0.3, -0.25) is 19.2 Å². The molecule has 0 aromatic carbocycles. The Morgan fingerprint density at radius 3 is 2.59 bits per heavy atom. The first-order valence-electron chi connectivity index (χ1n) is 13.8. The molecule has 1 saturated heterocycles. The molecule has 10 heteroatoms. The number of Topliss-reactive ketones (excluding diaryl/α,β-unsaturated/α-hetero) is 1. The fourth-order valence-corrected chi connectivity index (χ4v) is 9.59. The maximum atomic E-state index is 17.5. The number of esters is 2. The molecule has 0 aromatic heterocycles. The number of ketones is 2. The average Bonchev–Trinajstić information content (AvgIpc) is 3.39. The Bertz CT molecular complexity index is 1170. The molecule has 4 fully saturated rings. The third-order valence-corrected chi connectivity index (χ3v) is 11.7. The lowest BCUT2D eigenvalue weighted by Crippen LogP contribution is -2.71. The Morgan fingerprint density at radius 2 is 1.95 bits per heavy atom. The Hall–Kier alpha value is -2.07. The SMILES string of the molecule is CCC(=O)O[C@]1(C(=O)CSC2CCOC2=O)[C@H](C)C[C@H]2[C@@H]3C[C@H](F)C4=CC(=O)C=C[C@]4(C)[C@@]3(F)[C@@H](O)C[C@@]21C. The van der Waals surface area contributed by atoms with E-state index in [2.05, 4.69) is 0 Å². The first-order chi connectivity index (χ1) is 18.3. The molecule has 0 radical (unpaired) electrons. The van der Waals surface area contributed by atoms with Crippen LogP contribution in [0.2, 0.25) is 0 Å². The van der Waals surface area contributed by atoms with E-state index in [0.717, 1.165) is 17.8 Å². The summed E-state index contributed by atoms with van der Waals surface area (Å²) in [5.74, 6) is -4.02. The van der Waals surface area contributed by atoms with Crippen molar-refractivity contribution in [3.05, 3.63) is 23.8 Å². The molecule has 0 spiro atoms. The third kappa shape index (κ3) is 3.76. The van der Waals surface area contributed by atoms with Crippen LogP contribution >= 0.6 is 11.8 Å². The van der Waals surface area contributed by atoms with Gasteiger partial charge in [0, 0.05) is 35.5 Å². The van der Waals surface area contributed by atoms with E-state index in [1.807, 2.05) is 0 Å². The summed E-state index contributed by atoms with van der Waals surface area (Å²) in [6, 6.07) is 0. The highest BCUT2D eigenvalue weighted by Gasteiger charge is 2.78. The summed E-state index contributed by atoms with van der Waals surface area (Å²) in [6.07, 6.45) is 0.870. The van der Waals surface area contributed by atoms with E-state index >= 15 is 8.78 Å². The molecule has 5 aliphatic rings. The number of hydrogen-bond donors (Lipinski definition) is 1. The van der Waals surface area contributed by atoms with Gasteiger partial charge in [0.2, 0.25) is 0 Å². The van der Waals surface area contributed by atoms with Gasteiger partial charge in [-0.25, -0.2) is 8.78 Å². The summed E-state index contributed by atoms with van der Waals surface area (Å²) in [6.45, 7) is 6.96. The van der Waals surface area contributed by atoms with Crippen molar-refractivity contribution in [3.8, 4) is 0 Å². The number of rotatable bonds is 6. The molecule has 1 unspecified atom stereocenters. The fraction of sp³-hybridized carbons (Fsp3) is 0.724. The summed E-state index contributed by atoms with van der Waals surface area (Å²) in [5, 5.41) is 11.1.